The average Bonchev–Trinajstić information content (AvgIpc) is 3.07. The lowest BCUT2D eigenvalue weighted by atomic mass is 10.2. The summed E-state index contributed by atoms with van der Waals surface area (Å²) in [4.78, 5) is 14.5. The van der Waals surface area contributed by atoms with Gasteiger partial charge in [0.05, 0.1) is 12.2 Å². The number of hydrogen-bond donors (Lipinski definition) is 2. The van der Waals surface area contributed by atoms with Crippen molar-refractivity contribution in [3.63, 3.8) is 0 Å². The van der Waals surface area contributed by atoms with Crippen LogP contribution in [0.25, 0.3) is 11.3 Å². The monoisotopic (exact) mass is 311 g/mol. The Bertz CT molecular complexity index is 713. The third-order valence-electron chi connectivity index (χ3n) is 3.04. The van der Waals surface area contributed by atoms with Crippen LogP contribution in [-0.2, 0) is 6.54 Å². The Labute approximate surface area is 133 Å². The van der Waals surface area contributed by atoms with Crippen LogP contribution in [-0.4, -0.2) is 21.5 Å². The molecule has 0 aliphatic carbocycles. The zero-order chi connectivity index (χ0) is 15.2. The average molecular weight is 311 g/mol. The molecule has 0 aliphatic heterocycles. The van der Waals surface area contributed by atoms with Gasteiger partial charge in [0, 0.05) is 35.4 Å². The van der Waals surface area contributed by atoms with Crippen molar-refractivity contribution >= 4 is 23.1 Å². The highest BCUT2D eigenvalue weighted by atomic mass is 32.1. The van der Waals surface area contributed by atoms with E-state index in [1.807, 2.05) is 31.2 Å². The number of aromatic nitrogens is 3. The first-order valence-electron chi connectivity index (χ1n) is 7.15. The molecule has 6 heteroatoms. The fourth-order valence-electron chi connectivity index (χ4n) is 2.03. The highest BCUT2D eigenvalue weighted by Gasteiger charge is 2.06. The maximum Gasteiger partial charge on any atom is 0.225 e. The van der Waals surface area contributed by atoms with Crippen LogP contribution in [0.2, 0.25) is 0 Å². The van der Waals surface area contributed by atoms with Gasteiger partial charge in [-0.25, -0.2) is 4.98 Å². The molecule has 0 aliphatic rings. The van der Waals surface area contributed by atoms with E-state index in [1.54, 1.807) is 23.7 Å². The molecule has 0 spiro atoms. The lowest BCUT2D eigenvalue weighted by molar-refractivity contribution is 1.06. The molecule has 22 heavy (non-hydrogen) atoms. The van der Waals surface area contributed by atoms with Crippen molar-refractivity contribution in [2.75, 3.05) is 17.2 Å². The highest BCUT2D eigenvalue weighted by Crippen LogP contribution is 2.21. The van der Waals surface area contributed by atoms with Crippen LogP contribution in [0.5, 0.6) is 0 Å². The molecule has 0 amide bonds. The molecule has 0 aromatic carbocycles. The standard InChI is InChI=1S/C16H17N5S/c1-2-18-16-20-14(12-5-3-7-17-10-12)9-15(21-16)19-11-13-6-4-8-22-13/h3-10H,2,11H2,1H3,(H2,18,19,20,21). The van der Waals surface area contributed by atoms with Gasteiger partial charge in [-0.1, -0.05) is 6.07 Å². The van der Waals surface area contributed by atoms with E-state index in [9.17, 15) is 0 Å². The number of rotatable bonds is 6. The first-order chi connectivity index (χ1) is 10.8. The van der Waals surface area contributed by atoms with Crippen LogP contribution < -0.4 is 10.6 Å². The third kappa shape index (κ3) is 3.59. The summed E-state index contributed by atoms with van der Waals surface area (Å²) in [7, 11) is 0. The van der Waals surface area contributed by atoms with Gasteiger partial charge in [0.2, 0.25) is 5.95 Å². The summed E-state index contributed by atoms with van der Waals surface area (Å²) in [5, 5.41) is 8.60. The molecule has 2 N–H and O–H groups in total. The molecule has 3 heterocycles. The van der Waals surface area contributed by atoms with Gasteiger partial charge in [-0.2, -0.15) is 4.98 Å². The van der Waals surface area contributed by atoms with Gasteiger partial charge in [0.15, 0.2) is 0 Å². The van der Waals surface area contributed by atoms with E-state index in [0.29, 0.717) is 5.95 Å². The minimum atomic E-state index is 0.623. The van der Waals surface area contributed by atoms with Crippen molar-refractivity contribution < 1.29 is 0 Å². The quantitative estimate of drug-likeness (QED) is 0.727. The Hall–Kier alpha value is -2.47. The number of nitrogens with zero attached hydrogens (tertiary/aromatic N) is 3. The minimum absolute atomic E-state index is 0.623. The molecule has 3 aromatic heterocycles. The third-order valence-corrected chi connectivity index (χ3v) is 3.92. The first-order valence-corrected chi connectivity index (χ1v) is 8.02. The van der Waals surface area contributed by atoms with Crippen molar-refractivity contribution in [1.29, 1.82) is 0 Å². The smallest absolute Gasteiger partial charge is 0.225 e. The Morgan fingerprint density at radius 1 is 1.14 bits per heavy atom. The van der Waals surface area contributed by atoms with Crippen molar-refractivity contribution in [2.45, 2.75) is 13.5 Å². The summed E-state index contributed by atoms with van der Waals surface area (Å²) >= 11 is 1.73. The summed E-state index contributed by atoms with van der Waals surface area (Å²) in [6, 6.07) is 10.0. The van der Waals surface area contributed by atoms with Crippen LogP contribution in [0, 0.1) is 0 Å². The van der Waals surface area contributed by atoms with Gasteiger partial charge in [0.1, 0.15) is 5.82 Å². The second-order valence-electron chi connectivity index (χ2n) is 4.67. The van der Waals surface area contributed by atoms with E-state index >= 15 is 0 Å². The van der Waals surface area contributed by atoms with Crippen molar-refractivity contribution in [3.8, 4) is 11.3 Å². The van der Waals surface area contributed by atoms with Gasteiger partial charge in [-0.05, 0) is 30.5 Å². The normalized spacial score (nSPS) is 10.4. The summed E-state index contributed by atoms with van der Waals surface area (Å²) in [5.41, 5.74) is 1.83. The minimum Gasteiger partial charge on any atom is -0.365 e. The Balaban J connectivity index is 1.86. The van der Waals surface area contributed by atoms with E-state index in [2.05, 4.69) is 37.0 Å². The maximum atomic E-state index is 4.54. The topological polar surface area (TPSA) is 62.7 Å². The number of pyridine rings is 1. The molecule has 3 aromatic rings. The first kappa shape index (κ1) is 14.5. The number of nitrogens with one attached hydrogen (secondary N) is 2. The molecular formula is C16H17N5S. The maximum absolute atomic E-state index is 4.54. The van der Waals surface area contributed by atoms with Crippen molar-refractivity contribution in [1.82, 2.24) is 15.0 Å². The Morgan fingerprint density at radius 3 is 2.82 bits per heavy atom. The Kier molecular flexibility index (Phi) is 4.60. The van der Waals surface area contributed by atoms with Crippen LogP contribution in [0.15, 0.2) is 48.1 Å². The molecule has 0 saturated heterocycles. The number of thiophene rings is 1. The van der Waals surface area contributed by atoms with E-state index < -0.39 is 0 Å². The summed E-state index contributed by atoms with van der Waals surface area (Å²) in [6.07, 6.45) is 3.56. The second kappa shape index (κ2) is 7.00. The van der Waals surface area contributed by atoms with Crippen LogP contribution in [0.1, 0.15) is 11.8 Å². The fourth-order valence-corrected chi connectivity index (χ4v) is 2.67. The van der Waals surface area contributed by atoms with Gasteiger partial charge in [-0.15, -0.1) is 11.3 Å². The van der Waals surface area contributed by atoms with Crippen LogP contribution >= 0.6 is 11.3 Å². The summed E-state index contributed by atoms with van der Waals surface area (Å²) in [5.74, 6) is 1.43. The van der Waals surface area contributed by atoms with Crippen molar-refractivity contribution in [3.05, 3.63) is 53.0 Å². The van der Waals surface area contributed by atoms with E-state index in [4.69, 9.17) is 0 Å². The van der Waals surface area contributed by atoms with Gasteiger partial charge < -0.3 is 10.6 Å². The molecule has 3 rings (SSSR count). The zero-order valence-electron chi connectivity index (χ0n) is 12.3. The highest BCUT2D eigenvalue weighted by molar-refractivity contribution is 7.09. The van der Waals surface area contributed by atoms with Crippen LogP contribution in [0.3, 0.4) is 0 Å². The zero-order valence-corrected chi connectivity index (χ0v) is 13.1. The van der Waals surface area contributed by atoms with Gasteiger partial charge in [-0.3, -0.25) is 4.98 Å². The predicted octanol–water partition coefficient (Wildman–Crippen LogP) is 3.64. The van der Waals surface area contributed by atoms with Crippen LogP contribution in [0.4, 0.5) is 11.8 Å². The molecule has 0 radical (unpaired) electrons. The second-order valence-corrected chi connectivity index (χ2v) is 5.70. The number of anilines is 2. The van der Waals surface area contributed by atoms with E-state index in [1.165, 1.54) is 4.88 Å². The fraction of sp³-hybridized carbons (Fsp3) is 0.188. The SMILES string of the molecule is CCNc1nc(NCc2cccs2)cc(-c2cccnc2)n1. The number of hydrogen-bond acceptors (Lipinski definition) is 6. The molecule has 112 valence electrons. The van der Waals surface area contributed by atoms with Gasteiger partial charge >= 0.3 is 0 Å². The molecule has 0 fully saturated rings. The molecule has 0 bridgehead atoms. The molecule has 0 atom stereocenters. The summed E-state index contributed by atoms with van der Waals surface area (Å²) in [6.45, 7) is 3.56. The lowest BCUT2D eigenvalue weighted by Gasteiger charge is -2.10. The molecule has 0 unspecified atom stereocenters. The van der Waals surface area contributed by atoms with E-state index in [-0.39, 0.29) is 0 Å². The summed E-state index contributed by atoms with van der Waals surface area (Å²) < 4.78 is 0. The molecule has 5 nitrogen and oxygen atoms in total. The molecule has 0 saturated carbocycles. The lowest BCUT2D eigenvalue weighted by Crippen LogP contribution is -2.07. The van der Waals surface area contributed by atoms with E-state index in [0.717, 1.165) is 30.2 Å². The largest absolute Gasteiger partial charge is 0.365 e. The Morgan fingerprint density at radius 2 is 2.09 bits per heavy atom. The van der Waals surface area contributed by atoms with Crippen molar-refractivity contribution in [2.24, 2.45) is 0 Å². The predicted molar refractivity (Wildman–Crippen MR) is 91.1 cm³/mol. The molecular weight excluding hydrogens is 294 g/mol. The van der Waals surface area contributed by atoms with Gasteiger partial charge in [0.25, 0.3) is 0 Å².